The van der Waals surface area contributed by atoms with Gasteiger partial charge in [0.15, 0.2) is 0 Å². The molecular formula is C11H20N2O5. The summed E-state index contributed by atoms with van der Waals surface area (Å²) in [6.07, 6.45) is 1.37. The normalized spacial score (nSPS) is 10.9. The number of hydrogen-bond acceptors (Lipinski definition) is 6. The Bertz CT molecular complexity index is 291. The summed E-state index contributed by atoms with van der Waals surface area (Å²) in [5.41, 5.74) is 5.56. The Hall–Kier alpha value is -1.76. The zero-order chi connectivity index (χ0) is 13.8. The third-order valence-electron chi connectivity index (χ3n) is 1.70. The summed E-state index contributed by atoms with van der Waals surface area (Å²) < 4.78 is 14.6. The third-order valence-corrected chi connectivity index (χ3v) is 1.70. The Kier molecular flexibility index (Phi) is 9.38. The van der Waals surface area contributed by atoms with Gasteiger partial charge in [-0.1, -0.05) is 6.92 Å². The molecule has 0 rings (SSSR count). The number of carbonyl (C=O) groups excluding carboxylic acids is 2. The SMILES string of the molecule is CCCOCCOC(=O)C=C(N)COC(=O)NC. The summed E-state index contributed by atoms with van der Waals surface area (Å²) in [5, 5.41) is 2.25. The van der Waals surface area contributed by atoms with E-state index in [9.17, 15) is 9.59 Å². The minimum Gasteiger partial charge on any atom is -0.460 e. The van der Waals surface area contributed by atoms with E-state index in [1.165, 1.54) is 7.05 Å². The highest BCUT2D eigenvalue weighted by Crippen LogP contribution is 1.90. The van der Waals surface area contributed by atoms with E-state index in [2.05, 4.69) is 10.1 Å². The molecular weight excluding hydrogens is 240 g/mol. The van der Waals surface area contributed by atoms with Crippen molar-refractivity contribution in [1.29, 1.82) is 0 Å². The molecule has 0 aliphatic heterocycles. The number of amides is 1. The first-order valence-corrected chi connectivity index (χ1v) is 5.65. The van der Waals surface area contributed by atoms with Crippen LogP contribution in [0.15, 0.2) is 11.8 Å². The number of ether oxygens (including phenoxy) is 3. The second-order valence-corrected chi connectivity index (χ2v) is 3.33. The maximum absolute atomic E-state index is 11.2. The number of alkyl carbamates (subject to hydrolysis) is 1. The van der Waals surface area contributed by atoms with Gasteiger partial charge in [-0.05, 0) is 6.42 Å². The van der Waals surface area contributed by atoms with Gasteiger partial charge in [0.05, 0.1) is 12.3 Å². The molecule has 104 valence electrons. The second-order valence-electron chi connectivity index (χ2n) is 3.33. The molecule has 0 bridgehead atoms. The maximum Gasteiger partial charge on any atom is 0.407 e. The fraction of sp³-hybridized carbons (Fsp3) is 0.636. The van der Waals surface area contributed by atoms with Crippen LogP contribution < -0.4 is 11.1 Å². The first-order valence-electron chi connectivity index (χ1n) is 5.65. The van der Waals surface area contributed by atoms with Crippen molar-refractivity contribution in [3.05, 3.63) is 11.8 Å². The predicted octanol–water partition coefficient (Wildman–Crippen LogP) is 0.155. The highest BCUT2D eigenvalue weighted by molar-refractivity contribution is 5.82. The fourth-order valence-electron chi connectivity index (χ4n) is 0.903. The van der Waals surface area contributed by atoms with Crippen LogP contribution in [-0.2, 0) is 19.0 Å². The Labute approximate surface area is 106 Å². The number of esters is 1. The molecule has 7 nitrogen and oxygen atoms in total. The van der Waals surface area contributed by atoms with E-state index in [-0.39, 0.29) is 18.9 Å². The van der Waals surface area contributed by atoms with Crippen molar-refractivity contribution >= 4 is 12.1 Å². The molecule has 1 amide bonds. The van der Waals surface area contributed by atoms with Crippen molar-refractivity contribution in [2.45, 2.75) is 13.3 Å². The first kappa shape index (κ1) is 16.2. The van der Waals surface area contributed by atoms with E-state index >= 15 is 0 Å². The average molecular weight is 260 g/mol. The minimum atomic E-state index is -0.618. The zero-order valence-electron chi connectivity index (χ0n) is 10.7. The second kappa shape index (κ2) is 10.4. The summed E-state index contributed by atoms with van der Waals surface area (Å²) >= 11 is 0. The van der Waals surface area contributed by atoms with Crippen molar-refractivity contribution in [2.24, 2.45) is 5.73 Å². The lowest BCUT2D eigenvalue weighted by molar-refractivity contribution is -0.139. The van der Waals surface area contributed by atoms with Crippen LogP contribution in [-0.4, -0.2) is 45.5 Å². The number of nitrogens with one attached hydrogen (secondary N) is 1. The van der Waals surface area contributed by atoms with E-state index in [0.717, 1.165) is 12.5 Å². The van der Waals surface area contributed by atoms with Crippen LogP contribution in [0.3, 0.4) is 0 Å². The van der Waals surface area contributed by atoms with E-state index in [0.29, 0.717) is 13.2 Å². The van der Waals surface area contributed by atoms with Gasteiger partial charge in [-0.3, -0.25) is 0 Å². The molecule has 0 heterocycles. The molecule has 0 aliphatic rings. The molecule has 0 saturated heterocycles. The molecule has 0 fully saturated rings. The molecule has 18 heavy (non-hydrogen) atoms. The lowest BCUT2D eigenvalue weighted by atomic mass is 10.4. The van der Waals surface area contributed by atoms with Crippen molar-refractivity contribution < 1.29 is 23.8 Å². The van der Waals surface area contributed by atoms with Crippen LogP contribution in [0.5, 0.6) is 0 Å². The lowest BCUT2D eigenvalue weighted by Gasteiger charge is -2.05. The van der Waals surface area contributed by atoms with Gasteiger partial charge in [-0.25, -0.2) is 9.59 Å². The van der Waals surface area contributed by atoms with Crippen LogP contribution in [0, 0.1) is 0 Å². The summed E-state index contributed by atoms with van der Waals surface area (Å²) in [5.74, 6) is -0.590. The van der Waals surface area contributed by atoms with E-state index < -0.39 is 12.1 Å². The number of carbonyl (C=O) groups is 2. The van der Waals surface area contributed by atoms with Gasteiger partial charge in [0.25, 0.3) is 0 Å². The summed E-state index contributed by atoms with van der Waals surface area (Å²) in [6.45, 7) is 2.97. The van der Waals surface area contributed by atoms with Crippen molar-refractivity contribution in [3.63, 3.8) is 0 Å². The molecule has 0 aromatic rings. The standard InChI is InChI=1S/C11H20N2O5/c1-3-4-16-5-6-17-10(14)7-9(12)8-18-11(15)13-2/h7H,3-6,8,12H2,1-2H3,(H,13,15). The molecule has 3 N–H and O–H groups in total. The molecule has 0 saturated carbocycles. The fourth-order valence-corrected chi connectivity index (χ4v) is 0.903. The van der Waals surface area contributed by atoms with Gasteiger partial charge < -0.3 is 25.3 Å². The van der Waals surface area contributed by atoms with Crippen molar-refractivity contribution in [2.75, 3.05) is 33.5 Å². The van der Waals surface area contributed by atoms with Crippen LogP contribution in [0.4, 0.5) is 4.79 Å². The Morgan fingerprint density at radius 3 is 2.56 bits per heavy atom. The van der Waals surface area contributed by atoms with Crippen LogP contribution in [0.2, 0.25) is 0 Å². The quantitative estimate of drug-likeness (QED) is 0.366. The molecule has 0 unspecified atom stereocenters. The molecule has 0 spiro atoms. The highest BCUT2D eigenvalue weighted by Gasteiger charge is 2.03. The van der Waals surface area contributed by atoms with Crippen molar-refractivity contribution in [1.82, 2.24) is 5.32 Å². The molecule has 0 aromatic carbocycles. The van der Waals surface area contributed by atoms with Crippen molar-refractivity contribution in [3.8, 4) is 0 Å². The first-order chi connectivity index (χ1) is 8.60. The number of rotatable bonds is 8. The molecule has 0 aliphatic carbocycles. The smallest absolute Gasteiger partial charge is 0.407 e. The van der Waals surface area contributed by atoms with Gasteiger partial charge in [-0.15, -0.1) is 0 Å². The van der Waals surface area contributed by atoms with E-state index in [1.807, 2.05) is 6.92 Å². The monoisotopic (exact) mass is 260 g/mol. The summed E-state index contributed by atoms with van der Waals surface area (Å²) in [4.78, 5) is 21.9. The van der Waals surface area contributed by atoms with Gasteiger partial charge in [0, 0.05) is 19.7 Å². The van der Waals surface area contributed by atoms with E-state index in [1.54, 1.807) is 0 Å². The van der Waals surface area contributed by atoms with Gasteiger partial charge >= 0.3 is 12.1 Å². The Morgan fingerprint density at radius 2 is 1.94 bits per heavy atom. The zero-order valence-corrected chi connectivity index (χ0v) is 10.7. The highest BCUT2D eigenvalue weighted by atomic mass is 16.6. The Balaban J connectivity index is 3.73. The topological polar surface area (TPSA) is 99.9 Å². The third kappa shape index (κ3) is 9.46. The maximum atomic E-state index is 11.2. The summed E-state index contributed by atoms with van der Waals surface area (Å²) in [6, 6.07) is 0. The van der Waals surface area contributed by atoms with Crippen LogP contribution in [0.25, 0.3) is 0 Å². The van der Waals surface area contributed by atoms with Gasteiger partial charge in [0.1, 0.15) is 13.2 Å². The van der Waals surface area contributed by atoms with Crippen LogP contribution >= 0.6 is 0 Å². The number of hydrogen-bond donors (Lipinski definition) is 2. The predicted molar refractivity (Wildman–Crippen MR) is 64.7 cm³/mol. The molecule has 7 heteroatoms. The number of nitrogens with two attached hydrogens (primary N) is 1. The Morgan fingerprint density at radius 1 is 1.22 bits per heavy atom. The largest absolute Gasteiger partial charge is 0.460 e. The van der Waals surface area contributed by atoms with E-state index in [4.69, 9.17) is 15.2 Å². The van der Waals surface area contributed by atoms with Gasteiger partial charge in [0.2, 0.25) is 0 Å². The summed E-state index contributed by atoms with van der Waals surface area (Å²) in [7, 11) is 1.42. The van der Waals surface area contributed by atoms with Gasteiger partial charge in [-0.2, -0.15) is 0 Å². The molecule has 0 radical (unpaired) electrons. The molecule has 0 aromatic heterocycles. The average Bonchev–Trinajstić information content (AvgIpc) is 2.35. The lowest BCUT2D eigenvalue weighted by Crippen LogP contribution is -2.22. The minimum absolute atomic E-state index is 0.109. The molecule has 0 atom stereocenters. The van der Waals surface area contributed by atoms with Crippen LogP contribution in [0.1, 0.15) is 13.3 Å².